The third kappa shape index (κ3) is 5.81. The zero-order valence-electron chi connectivity index (χ0n) is 19.5. The molecule has 2 aromatic carbocycles. The van der Waals surface area contributed by atoms with Gasteiger partial charge in [-0.2, -0.15) is 5.10 Å². The van der Waals surface area contributed by atoms with Crippen molar-refractivity contribution in [1.82, 2.24) is 5.43 Å². The second-order valence-electron chi connectivity index (χ2n) is 8.40. The Morgan fingerprint density at radius 2 is 1.97 bits per heavy atom. The number of rotatable bonds is 8. The fraction of sp³-hybridized carbons (Fsp3) is 0.360. The molecule has 0 saturated carbocycles. The molecule has 0 aromatic heterocycles. The van der Waals surface area contributed by atoms with Crippen molar-refractivity contribution in [3.63, 3.8) is 0 Å². The normalized spacial score (nSPS) is 14.6. The quantitative estimate of drug-likeness (QED) is 0.367. The molecule has 1 amide bonds. The molecule has 176 valence electrons. The minimum absolute atomic E-state index is 0.0886. The van der Waals surface area contributed by atoms with Crippen molar-refractivity contribution in [3.05, 3.63) is 57.6 Å². The van der Waals surface area contributed by atoms with Gasteiger partial charge in [-0.15, -0.1) is 0 Å². The average Bonchev–Trinajstić information content (AvgIpc) is 2.75. The highest BCUT2D eigenvalue weighted by Crippen LogP contribution is 2.41. The van der Waals surface area contributed by atoms with E-state index >= 15 is 0 Å². The maximum atomic E-state index is 12.1. The van der Waals surface area contributed by atoms with Crippen molar-refractivity contribution in [3.8, 4) is 11.5 Å². The molecule has 0 saturated heterocycles. The molecule has 6 nitrogen and oxygen atoms in total. The van der Waals surface area contributed by atoms with Crippen LogP contribution in [0.2, 0.25) is 10.0 Å². The number of carbonyl (C=O) groups excluding carboxylic acids is 1. The van der Waals surface area contributed by atoms with Gasteiger partial charge in [0.25, 0.3) is 5.91 Å². The van der Waals surface area contributed by atoms with Crippen LogP contribution in [-0.4, -0.2) is 37.9 Å². The molecule has 1 heterocycles. The summed E-state index contributed by atoms with van der Waals surface area (Å²) in [6, 6.07) is 8.88. The van der Waals surface area contributed by atoms with Crippen LogP contribution in [-0.2, 0) is 4.79 Å². The number of halogens is 2. The molecule has 8 heteroatoms. The third-order valence-corrected chi connectivity index (χ3v) is 5.95. The molecule has 33 heavy (non-hydrogen) atoms. The highest BCUT2D eigenvalue weighted by Gasteiger charge is 2.31. The second-order valence-corrected chi connectivity index (χ2v) is 9.24. The number of benzene rings is 2. The smallest absolute Gasteiger partial charge is 0.277 e. The fourth-order valence-corrected chi connectivity index (χ4v) is 4.44. The van der Waals surface area contributed by atoms with Gasteiger partial charge in [-0.05, 0) is 57.0 Å². The zero-order chi connectivity index (χ0) is 24.2. The molecular formula is C25H29Cl2N3O3. The molecule has 0 atom stereocenters. The highest BCUT2D eigenvalue weighted by atomic mass is 35.5. The molecule has 2 aromatic rings. The molecule has 0 bridgehead atoms. The van der Waals surface area contributed by atoms with Gasteiger partial charge in [0, 0.05) is 34.4 Å². The van der Waals surface area contributed by atoms with Crippen molar-refractivity contribution in [2.45, 2.75) is 39.7 Å². The van der Waals surface area contributed by atoms with Crippen LogP contribution < -0.4 is 19.8 Å². The van der Waals surface area contributed by atoms with E-state index in [1.54, 1.807) is 31.5 Å². The van der Waals surface area contributed by atoms with E-state index in [0.29, 0.717) is 21.5 Å². The first-order valence-electron chi connectivity index (χ1n) is 10.8. The van der Waals surface area contributed by atoms with Gasteiger partial charge in [0.05, 0.1) is 23.9 Å². The van der Waals surface area contributed by atoms with Crippen LogP contribution in [0, 0.1) is 0 Å². The summed E-state index contributed by atoms with van der Waals surface area (Å²) in [5.41, 5.74) is 6.60. The SMILES string of the molecule is CCCN1c2cc(OC)c(/C=N/NC(=O)COc3ccc(Cl)cc3Cl)cc2C(C)=CC1(C)C. The molecule has 0 radical (unpaired) electrons. The van der Waals surface area contributed by atoms with Gasteiger partial charge >= 0.3 is 0 Å². The van der Waals surface area contributed by atoms with Crippen LogP contribution in [0.4, 0.5) is 5.69 Å². The van der Waals surface area contributed by atoms with E-state index in [1.807, 2.05) is 12.1 Å². The lowest BCUT2D eigenvalue weighted by Gasteiger charge is -2.43. The number of anilines is 1. The summed E-state index contributed by atoms with van der Waals surface area (Å²) in [5, 5.41) is 4.91. The van der Waals surface area contributed by atoms with E-state index < -0.39 is 5.91 Å². The van der Waals surface area contributed by atoms with E-state index in [2.05, 4.69) is 49.2 Å². The topological polar surface area (TPSA) is 63.2 Å². The minimum atomic E-state index is -0.416. The van der Waals surface area contributed by atoms with Crippen LogP contribution in [0.1, 0.15) is 45.2 Å². The summed E-state index contributed by atoms with van der Waals surface area (Å²) in [5.74, 6) is 0.641. The van der Waals surface area contributed by atoms with E-state index in [4.69, 9.17) is 32.7 Å². The van der Waals surface area contributed by atoms with Gasteiger partial charge in [-0.25, -0.2) is 5.43 Å². The Balaban J connectivity index is 1.74. The van der Waals surface area contributed by atoms with Crippen molar-refractivity contribution in [2.24, 2.45) is 5.10 Å². The Kier molecular flexibility index (Phi) is 7.92. The zero-order valence-corrected chi connectivity index (χ0v) is 21.0. The standard InChI is InChI=1S/C25H29Cl2N3O3/c1-6-9-30-21-12-23(32-5)17(10-19(21)16(2)13-25(30,3)4)14-28-29-24(31)15-33-22-8-7-18(26)11-20(22)27/h7-8,10-14H,6,9,15H2,1-5H3,(H,29,31)/b28-14+. The number of allylic oxidation sites excluding steroid dienone is 1. The molecule has 0 unspecified atom stereocenters. The van der Waals surface area contributed by atoms with Gasteiger partial charge in [0.2, 0.25) is 0 Å². The Hall–Kier alpha value is -2.70. The number of nitrogens with one attached hydrogen (secondary N) is 1. The van der Waals surface area contributed by atoms with Crippen LogP contribution in [0.3, 0.4) is 0 Å². The summed E-state index contributed by atoms with van der Waals surface area (Å²) in [6.07, 6.45) is 4.89. The second kappa shape index (κ2) is 10.5. The van der Waals surface area contributed by atoms with Crippen molar-refractivity contribution >= 4 is 46.6 Å². The summed E-state index contributed by atoms with van der Waals surface area (Å²) in [6.45, 7) is 9.42. The van der Waals surface area contributed by atoms with Gasteiger partial charge in [-0.1, -0.05) is 36.2 Å². The Bertz CT molecular complexity index is 1100. The Morgan fingerprint density at radius 3 is 2.64 bits per heavy atom. The fourth-order valence-electron chi connectivity index (χ4n) is 3.97. The molecule has 0 aliphatic carbocycles. The Morgan fingerprint density at radius 1 is 1.21 bits per heavy atom. The molecule has 1 aliphatic heterocycles. The highest BCUT2D eigenvalue weighted by molar-refractivity contribution is 6.35. The number of methoxy groups -OCH3 is 1. The van der Waals surface area contributed by atoms with Crippen molar-refractivity contribution in [2.75, 3.05) is 25.2 Å². The lowest BCUT2D eigenvalue weighted by atomic mass is 9.87. The van der Waals surface area contributed by atoms with E-state index in [-0.39, 0.29) is 12.1 Å². The number of nitrogens with zero attached hydrogens (tertiary/aromatic N) is 2. The number of ether oxygens (including phenoxy) is 2. The largest absolute Gasteiger partial charge is 0.496 e. The molecule has 3 rings (SSSR count). The number of hydrogen-bond donors (Lipinski definition) is 1. The van der Waals surface area contributed by atoms with E-state index in [0.717, 1.165) is 29.8 Å². The Labute approximate surface area is 205 Å². The number of amides is 1. The third-order valence-electron chi connectivity index (χ3n) is 5.42. The number of carbonyl (C=O) groups is 1. The average molecular weight is 490 g/mol. The van der Waals surface area contributed by atoms with Crippen LogP contribution in [0.5, 0.6) is 11.5 Å². The first-order chi connectivity index (χ1) is 15.7. The monoisotopic (exact) mass is 489 g/mol. The summed E-state index contributed by atoms with van der Waals surface area (Å²) >= 11 is 11.9. The maximum absolute atomic E-state index is 12.1. The van der Waals surface area contributed by atoms with Gasteiger partial charge < -0.3 is 14.4 Å². The molecule has 1 N–H and O–H groups in total. The lowest BCUT2D eigenvalue weighted by Crippen LogP contribution is -2.45. The number of fused-ring (bicyclic) bond motifs is 1. The van der Waals surface area contributed by atoms with Crippen LogP contribution in [0.15, 0.2) is 41.5 Å². The molecule has 0 fully saturated rings. The molecular weight excluding hydrogens is 461 g/mol. The van der Waals surface area contributed by atoms with Crippen molar-refractivity contribution in [1.29, 1.82) is 0 Å². The first kappa shape index (κ1) is 24.9. The predicted molar refractivity (Wildman–Crippen MR) is 136 cm³/mol. The summed E-state index contributed by atoms with van der Waals surface area (Å²) < 4.78 is 11.1. The summed E-state index contributed by atoms with van der Waals surface area (Å²) in [4.78, 5) is 14.5. The first-order valence-corrected chi connectivity index (χ1v) is 11.5. The summed E-state index contributed by atoms with van der Waals surface area (Å²) in [7, 11) is 1.63. The van der Waals surface area contributed by atoms with Gasteiger partial charge in [0.1, 0.15) is 11.5 Å². The van der Waals surface area contributed by atoms with Gasteiger partial charge in [0.15, 0.2) is 6.61 Å². The van der Waals surface area contributed by atoms with Gasteiger partial charge in [-0.3, -0.25) is 4.79 Å². The van der Waals surface area contributed by atoms with Crippen molar-refractivity contribution < 1.29 is 14.3 Å². The number of hydrazone groups is 1. The lowest BCUT2D eigenvalue weighted by molar-refractivity contribution is -0.123. The maximum Gasteiger partial charge on any atom is 0.277 e. The van der Waals surface area contributed by atoms with E-state index in [1.165, 1.54) is 5.57 Å². The molecule has 0 spiro atoms. The minimum Gasteiger partial charge on any atom is -0.496 e. The van der Waals surface area contributed by atoms with Crippen LogP contribution in [0.25, 0.3) is 5.57 Å². The van der Waals surface area contributed by atoms with Crippen LogP contribution >= 0.6 is 23.2 Å². The number of hydrogen-bond acceptors (Lipinski definition) is 5. The van der Waals surface area contributed by atoms with E-state index in [9.17, 15) is 4.79 Å². The predicted octanol–water partition coefficient (Wildman–Crippen LogP) is 5.94. The molecule has 1 aliphatic rings.